The fraction of sp³-hybridized carbons (Fsp3) is 0.619. The van der Waals surface area contributed by atoms with Crippen molar-refractivity contribution in [1.29, 1.82) is 0 Å². The minimum Gasteiger partial charge on any atom is -0.355 e. The van der Waals surface area contributed by atoms with Crippen LogP contribution in [0, 0.1) is 5.41 Å². The topological polar surface area (TPSA) is 60.0 Å². The summed E-state index contributed by atoms with van der Waals surface area (Å²) in [5.41, 5.74) is 2.22. The van der Waals surface area contributed by atoms with Gasteiger partial charge in [0.1, 0.15) is 0 Å². The maximum atomic E-state index is 12.7. The molecule has 0 heterocycles. The van der Waals surface area contributed by atoms with Gasteiger partial charge in [-0.05, 0) is 38.1 Å². The second-order valence-corrected chi connectivity index (χ2v) is 8.02. The number of rotatable bonds is 7. The van der Waals surface area contributed by atoms with Crippen LogP contribution in [0.2, 0.25) is 0 Å². The predicted molar refractivity (Wildman–Crippen MR) is 112 cm³/mol. The lowest BCUT2D eigenvalue weighted by Crippen LogP contribution is -2.49. The zero-order valence-electron chi connectivity index (χ0n) is 17.5. The number of hydrogen-bond acceptors (Lipinski definition) is 3. The molecule has 1 amide bonds. The molecule has 1 saturated carbocycles. The van der Waals surface area contributed by atoms with E-state index in [1.54, 1.807) is 11.9 Å². The molecule has 2 rings (SSSR count). The average molecular weight is 374 g/mol. The van der Waals surface area contributed by atoms with Gasteiger partial charge >= 0.3 is 0 Å². The van der Waals surface area contributed by atoms with E-state index in [1.807, 2.05) is 14.1 Å². The van der Waals surface area contributed by atoms with E-state index in [0.29, 0.717) is 13.1 Å². The molecule has 0 aromatic heterocycles. The standard InChI is InChI=1S/C21H35N5O/c1-22-20(23-14-17-9-8-10-18(13-17)15-25(2)3)24-16-21(11-6-7-12-21)19(27)26(4)5/h8-10,13H,6-7,11-12,14-16H2,1-5H3,(H2,22,23,24). The Morgan fingerprint density at radius 3 is 2.37 bits per heavy atom. The van der Waals surface area contributed by atoms with E-state index in [4.69, 9.17) is 0 Å². The summed E-state index contributed by atoms with van der Waals surface area (Å²) in [5, 5.41) is 6.76. The van der Waals surface area contributed by atoms with E-state index in [0.717, 1.165) is 38.2 Å². The van der Waals surface area contributed by atoms with Gasteiger partial charge in [-0.1, -0.05) is 37.1 Å². The van der Waals surface area contributed by atoms with Crippen molar-refractivity contribution < 1.29 is 4.79 Å². The van der Waals surface area contributed by atoms with Crippen LogP contribution >= 0.6 is 0 Å². The highest BCUT2D eigenvalue weighted by Crippen LogP contribution is 2.38. The first kappa shape index (κ1) is 21.2. The number of benzene rings is 1. The Bertz CT molecular complexity index is 648. The van der Waals surface area contributed by atoms with E-state index in [1.165, 1.54) is 11.1 Å². The van der Waals surface area contributed by atoms with Crippen LogP contribution in [0.15, 0.2) is 29.3 Å². The highest BCUT2D eigenvalue weighted by molar-refractivity contribution is 5.85. The zero-order valence-corrected chi connectivity index (χ0v) is 17.5. The lowest BCUT2D eigenvalue weighted by Gasteiger charge is -2.31. The van der Waals surface area contributed by atoms with E-state index in [2.05, 4.69) is 58.9 Å². The van der Waals surface area contributed by atoms with Gasteiger partial charge in [0.2, 0.25) is 5.91 Å². The number of carbonyl (C=O) groups excluding carboxylic acids is 1. The van der Waals surface area contributed by atoms with Crippen molar-refractivity contribution in [3.8, 4) is 0 Å². The third-order valence-electron chi connectivity index (χ3n) is 5.19. The van der Waals surface area contributed by atoms with Gasteiger partial charge in [0.05, 0.1) is 5.41 Å². The fourth-order valence-electron chi connectivity index (χ4n) is 3.85. The Hall–Kier alpha value is -2.08. The van der Waals surface area contributed by atoms with Crippen LogP contribution in [0.3, 0.4) is 0 Å². The van der Waals surface area contributed by atoms with Crippen molar-refractivity contribution >= 4 is 11.9 Å². The summed E-state index contributed by atoms with van der Waals surface area (Å²) in [6, 6.07) is 8.57. The zero-order chi connectivity index (χ0) is 19.9. The van der Waals surface area contributed by atoms with E-state index < -0.39 is 0 Å². The SMILES string of the molecule is CN=C(NCc1cccc(CN(C)C)c1)NCC1(C(=O)N(C)C)CCCC1. The minimum atomic E-state index is -0.299. The number of amides is 1. The van der Waals surface area contributed by atoms with Gasteiger partial charge in [-0.2, -0.15) is 0 Å². The first-order valence-electron chi connectivity index (χ1n) is 9.75. The Morgan fingerprint density at radius 2 is 1.78 bits per heavy atom. The highest BCUT2D eigenvalue weighted by atomic mass is 16.2. The van der Waals surface area contributed by atoms with Gasteiger partial charge in [0.15, 0.2) is 5.96 Å². The summed E-state index contributed by atoms with van der Waals surface area (Å²) in [4.78, 5) is 20.9. The third-order valence-corrected chi connectivity index (χ3v) is 5.19. The van der Waals surface area contributed by atoms with Gasteiger partial charge in [-0.25, -0.2) is 0 Å². The van der Waals surface area contributed by atoms with E-state index in [9.17, 15) is 4.79 Å². The second-order valence-electron chi connectivity index (χ2n) is 8.02. The summed E-state index contributed by atoms with van der Waals surface area (Å²) in [7, 11) is 9.61. The van der Waals surface area contributed by atoms with Gasteiger partial charge in [0.25, 0.3) is 0 Å². The molecular formula is C21H35N5O. The molecule has 1 aromatic rings. The van der Waals surface area contributed by atoms with Crippen molar-refractivity contribution in [3.63, 3.8) is 0 Å². The number of guanidine groups is 1. The minimum absolute atomic E-state index is 0.222. The molecule has 0 saturated heterocycles. The van der Waals surface area contributed by atoms with Crippen LogP contribution in [-0.2, 0) is 17.9 Å². The molecule has 0 atom stereocenters. The Kier molecular flexibility index (Phi) is 7.66. The van der Waals surface area contributed by atoms with Crippen molar-refractivity contribution in [3.05, 3.63) is 35.4 Å². The maximum Gasteiger partial charge on any atom is 0.230 e. The fourth-order valence-corrected chi connectivity index (χ4v) is 3.85. The van der Waals surface area contributed by atoms with Crippen molar-refractivity contribution in [1.82, 2.24) is 20.4 Å². The first-order chi connectivity index (χ1) is 12.9. The molecular weight excluding hydrogens is 338 g/mol. The van der Waals surface area contributed by atoms with Gasteiger partial charge in [-0.3, -0.25) is 9.79 Å². The van der Waals surface area contributed by atoms with E-state index >= 15 is 0 Å². The summed E-state index contributed by atoms with van der Waals surface area (Å²) in [5.74, 6) is 0.963. The summed E-state index contributed by atoms with van der Waals surface area (Å²) in [6.07, 6.45) is 4.12. The molecule has 0 radical (unpaired) electrons. The Labute approximate surface area is 164 Å². The molecule has 0 unspecified atom stereocenters. The number of carbonyl (C=O) groups is 1. The van der Waals surface area contributed by atoms with Gasteiger partial charge in [-0.15, -0.1) is 0 Å². The van der Waals surface area contributed by atoms with Crippen LogP contribution in [0.1, 0.15) is 36.8 Å². The summed E-state index contributed by atoms with van der Waals surface area (Å²) < 4.78 is 0. The lowest BCUT2D eigenvalue weighted by molar-refractivity contribution is -0.138. The lowest BCUT2D eigenvalue weighted by atomic mass is 9.84. The number of nitrogens with one attached hydrogen (secondary N) is 2. The molecule has 6 nitrogen and oxygen atoms in total. The highest BCUT2D eigenvalue weighted by Gasteiger charge is 2.42. The van der Waals surface area contributed by atoms with Crippen LogP contribution in [0.5, 0.6) is 0 Å². The largest absolute Gasteiger partial charge is 0.355 e. The normalized spacial score (nSPS) is 16.4. The smallest absolute Gasteiger partial charge is 0.230 e. The Balaban J connectivity index is 1.93. The number of nitrogens with zero attached hydrogens (tertiary/aromatic N) is 3. The molecule has 6 heteroatoms. The predicted octanol–water partition coefficient (Wildman–Crippen LogP) is 2.06. The van der Waals surface area contributed by atoms with E-state index in [-0.39, 0.29) is 11.3 Å². The van der Waals surface area contributed by atoms with Crippen molar-refractivity contribution in [2.24, 2.45) is 10.4 Å². The van der Waals surface area contributed by atoms with Crippen LogP contribution in [-0.4, -0.2) is 63.4 Å². The monoisotopic (exact) mass is 373 g/mol. The second kappa shape index (κ2) is 9.74. The maximum absolute atomic E-state index is 12.7. The third kappa shape index (κ3) is 5.96. The van der Waals surface area contributed by atoms with Crippen LogP contribution < -0.4 is 10.6 Å². The van der Waals surface area contributed by atoms with Gasteiger partial charge < -0.3 is 20.4 Å². The molecule has 1 aromatic carbocycles. The van der Waals surface area contributed by atoms with Crippen LogP contribution in [0.4, 0.5) is 0 Å². The summed E-state index contributed by atoms with van der Waals surface area (Å²) in [6.45, 7) is 2.26. The molecule has 0 aliphatic heterocycles. The van der Waals surface area contributed by atoms with Crippen molar-refractivity contribution in [2.75, 3.05) is 41.8 Å². The van der Waals surface area contributed by atoms with Gasteiger partial charge in [0, 0.05) is 40.8 Å². The van der Waals surface area contributed by atoms with Crippen molar-refractivity contribution in [2.45, 2.75) is 38.8 Å². The molecule has 150 valence electrons. The first-order valence-corrected chi connectivity index (χ1v) is 9.75. The number of aliphatic imine (C=N–C) groups is 1. The molecule has 0 spiro atoms. The quantitative estimate of drug-likeness (QED) is 0.567. The molecule has 27 heavy (non-hydrogen) atoms. The number of hydrogen-bond donors (Lipinski definition) is 2. The molecule has 0 bridgehead atoms. The molecule has 2 N–H and O–H groups in total. The Morgan fingerprint density at radius 1 is 1.11 bits per heavy atom. The molecule has 1 aliphatic carbocycles. The molecule has 1 aliphatic rings. The van der Waals surface area contributed by atoms with Crippen LogP contribution in [0.25, 0.3) is 0 Å². The summed E-state index contributed by atoms with van der Waals surface area (Å²) >= 11 is 0. The molecule has 1 fully saturated rings. The average Bonchev–Trinajstić information content (AvgIpc) is 3.11.